The van der Waals surface area contributed by atoms with Gasteiger partial charge < -0.3 is 19.2 Å². The second kappa shape index (κ2) is 10.1. The average Bonchev–Trinajstić information content (AvgIpc) is 3.46. The minimum Gasteiger partial charge on any atom is -0.465 e. The van der Waals surface area contributed by atoms with Gasteiger partial charge in [-0.3, -0.25) is 10.1 Å². The van der Waals surface area contributed by atoms with Gasteiger partial charge in [-0.05, 0) is 48.3 Å². The highest BCUT2D eigenvalue weighted by Crippen LogP contribution is 2.37. The number of methoxy groups -OCH3 is 1. The zero-order chi connectivity index (χ0) is 23.2. The molecule has 1 aromatic carbocycles. The lowest BCUT2D eigenvalue weighted by Gasteiger charge is -2.12. The highest BCUT2D eigenvalue weighted by molar-refractivity contribution is 6.07. The molecule has 3 amide bonds. The SMILES string of the molecule is COCCNC(=O)NC(=O)COC(=O)c1c2c(nc3ccccc13)C(=Cc1ccco1)CC2. The molecule has 0 aliphatic heterocycles. The molecule has 170 valence electrons. The fraction of sp³-hybridized carbons (Fsp3) is 0.250. The Kier molecular flexibility index (Phi) is 6.80. The van der Waals surface area contributed by atoms with Crippen molar-refractivity contribution in [2.45, 2.75) is 12.8 Å². The van der Waals surface area contributed by atoms with Gasteiger partial charge in [0.2, 0.25) is 0 Å². The first kappa shape index (κ1) is 22.2. The van der Waals surface area contributed by atoms with Crippen molar-refractivity contribution >= 4 is 40.5 Å². The largest absolute Gasteiger partial charge is 0.465 e. The number of amides is 3. The molecule has 1 aliphatic carbocycles. The van der Waals surface area contributed by atoms with Gasteiger partial charge in [-0.1, -0.05) is 18.2 Å². The van der Waals surface area contributed by atoms with Crippen LogP contribution < -0.4 is 10.6 Å². The number of nitrogens with one attached hydrogen (secondary N) is 2. The van der Waals surface area contributed by atoms with Crippen LogP contribution in [0, 0.1) is 0 Å². The number of imide groups is 1. The lowest BCUT2D eigenvalue weighted by atomic mass is 10.0. The fourth-order valence-corrected chi connectivity index (χ4v) is 3.73. The van der Waals surface area contributed by atoms with E-state index in [1.807, 2.05) is 36.4 Å². The highest BCUT2D eigenvalue weighted by Gasteiger charge is 2.28. The van der Waals surface area contributed by atoms with E-state index in [0.29, 0.717) is 41.7 Å². The van der Waals surface area contributed by atoms with Gasteiger partial charge in [0.25, 0.3) is 5.91 Å². The number of aromatic nitrogens is 1. The highest BCUT2D eigenvalue weighted by atomic mass is 16.5. The van der Waals surface area contributed by atoms with E-state index in [-0.39, 0.29) is 6.54 Å². The molecule has 0 atom stereocenters. The van der Waals surface area contributed by atoms with Crippen LogP contribution in [0.2, 0.25) is 0 Å². The molecular weight excluding hydrogens is 426 g/mol. The van der Waals surface area contributed by atoms with Gasteiger partial charge in [-0.2, -0.15) is 0 Å². The molecule has 33 heavy (non-hydrogen) atoms. The molecule has 4 rings (SSSR count). The number of benzene rings is 1. The Balaban J connectivity index is 1.54. The summed E-state index contributed by atoms with van der Waals surface area (Å²) in [7, 11) is 1.50. The first-order valence-corrected chi connectivity index (χ1v) is 10.5. The normalized spacial score (nSPS) is 13.7. The maximum atomic E-state index is 13.1. The van der Waals surface area contributed by atoms with Crippen molar-refractivity contribution in [3.8, 4) is 0 Å². The van der Waals surface area contributed by atoms with Crippen LogP contribution in [0.4, 0.5) is 4.79 Å². The number of nitrogens with zero attached hydrogens (tertiary/aromatic N) is 1. The molecule has 2 N–H and O–H groups in total. The topological polar surface area (TPSA) is 120 Å². The second-order valence-corrected chi connectivity index (χ2v) is 7.39. The van der Waals surface area contributed by atoms with Gasteiger partial charge >= 0.3 is 12.0 Å². The van der Waals surface area contributed by atoms with Gasteiger partial charge in [-0.15, -0.1) is 0 Å². The monoisotopic (exact) mass is 449 g/mol. The fourth-order valence-electron chi connectivity index (χ4n) is 3.73. The zero-order valence-electron chi connectivity index (χ0n) is 18.1. The third-order valence-electron chi connectivity index (χ3n) is 5.18. The summed E-state index contributed by atoms with van der Waals surface area (Å²) in [6.45, 7) is -0.0252. The van der Waals surface area contributed by atoms with Crippen molar-refractivity contribution in [1.82, 2.24) is 15.6 Å². The van der Waals surface area contributed by atoms with Crippen LogP contribution in [-0.4, -0.2) is 49.8 Å². The molecule has 9 heteroatoms. The van der Waals surface area contributed by atoms with E-state index in [1.54, 1.807) is 12.3 Å². The number of ether oxygens (including phenoxy) is 2. The molecule has 0 fully saturated rings. The number of esters is 1. The average molecular weight is 449 g/mol. The Hall–Kier alpha value is -3.98. The molecule has 1 aliphatic rings. The van der Waals surface area contributed by atoms with Crippen molar-refractivity contribution in [2.75, 3.05) is 26.9 Å². The van der Waals surface area contributed by atoms with Crippen molar-refractivity contribution in [3.05, 3.63) is 65.2 Å². The van der Waals surface area contributed by atoms with Crippen LogP contribution in [0.3, 0.4) is 0 Å². The number of fused-ring (bicyclic) bond motifs is 2. The number of hydrogen-bond acceptors (Lipinski definition) is 7. The van der Waals surface area contributed by atoms with Crippen molar-refractivity contribution in [2.24, 2.45) is 0 Å². The van der Waals surface area contributed by atoms with E-state index >= 15 is 0 Å². The van der Waals surface area contributed by atoms with Crippen LogP contribution in [0.1, 0.15) is 33.8 Å². The zero-order valence-corrected chi connectivity index (χ0v) is 18.1. The lowest BCUT2D eigenvalue weighted by Crippen LogP contribution is -2.42. The Morgan fingerprint density at radius 2 is 2.00 bits per heavy atom. The number of hydrogen-bond donors (Lipinski definition) is 2. The number of furan rings is 1. The Morgan fingerprint density at radius 3 is 2.79 bits per heavy atom. The maximum absolute atomic E-state index is 13.1. The molecule has 0 saturated carbocycles. The summed E-state index contributed by atoms with van der Waals surface area (Å²) < 4.78 is 15.5. The second-order valence-electron chi connectivity index (χ2n) is 7.39. The van der Waals surface area contributed by atoms with E-state index in [0.717, 1.165) is 16.8 Å². The third-order valence-corrected chi connectivity index (χ3v) is 5.18. The van der Waals surface area contributed by atoms with E-state index in [4.69, 9.17) is 18.9 Å². The first-order valence-electron chi connectivity index (χ1n) is 10.5. The number of carbonyl (C=O) groups excluding carboxylic acids is 3. The summed E-state index contributed by atoms with van der Waals surface area (Å²) in [6, 6.07) is 10.3. The molecular formula is C24H23N3O6. The van der Waals surface area contributed by atoms with E-state index < -0.39 is 24.5 Å². The van der Waals surface area contributed by atoms with E-state index in [1.165, 1.54) is 7.11 Å². The lowest BCUT2D eigenvalue weighted by molar-refractivity contribution is -0.123. The van der Waals surface area contributed by atoms with Gasteiger partial charge in [0, 0.05) is 19.0 Å². The van der Waals surface area contributed by atoms with Crippen LogP contribution in [0.5, 0.6) is 0 Å². The van der Waals surface area contributed by atoms with Crippen molar-refractivity contribution in [3.63, 3.8) is 0 Å². The van der Waals surface area contributed by atoms with Gasteiger partial charge in [0.15, 0.2) is 6.61 Å². The molecule has 9 nitrogen and oxygen atoms in total. The van der Waals surface area contributed by atoms with Crippen LogP contribution in [0.25, 0.3) is 22.6 Å². The van der Waals surface area contributed by atoms with Gasteiger partial charge in [0.1, 0.15) is 5.76 Å². The molecule has 3 aromatic rings. The summed E-state index contributed by atoms with van der Waals surface area (Å²) in [5.41, 5.74) is 3.49. The minimum atomic E-state index is -0.730. The molecule has 2 heterocycles. The summed E-state index contributed by atoms with van der Waals surface area (Å²) >= 11 is 0. The molecule has 2 aromatic heterocycles. The standard InChI is InChI=1S/C24H23N3O6/c1-31-12-10-25-24(30)27-20(28)14-33-23(29)21-17-6-2-3-7-19(17)26-22-15(8-9-18(21)22)13-16-5-4-11-32-16/h2-7,11,13H,8-10,12,14H2,1H3,(H2,25,27,28,30). The summed E-state index contributed by atoms with van der Waals surface area (Å²) in [4.78, 5) is 41.5. The summed E-state index contributed by atoms with van der Waals surface area (Å²) in [6.07, 6.45) is 4.82. The first-order chi connectivity index (χ1) is 16.1. The Bertz CT molecular complexity index is 1220. The van der Waals surface area contributed by atoms with Crippen molar-refractivity contribution in [1.29, 1.82) is 0 Å². The van der Waals surface area contributed by atoms with E-state index in [9.17, 15) is 14.4 Å². The Labute approximate surface area is 189 Å². The predicted molar refractivity (Wildman–Crippen MR) is 120 cm³/mol. The number of para-hydroxylation sites is 1. The number of carbonyl (C=O) groups is 3. The number of rotatable bonds is 7. The number of allylic oxidation sites excluding steroid dienone is 1. The molecule has 0 bridgehead atoms. The molecule has 0 saturated heterocycles. The van der Waals surface area contributed by atoms with Crippen LogP contribution >= 0.6 is 0 Å². The molecule has 0 radical (unpaired) electrons. The smallest absolute Gasteiger partial charge is 0.339 e. The van der Waals surface area contributed by atoms with Gasteiger partial charge in [-0.25, -0.2) is 14.6 Å². The maximum Gasteiger partial charge on any atom is 0.339 e. The number of urea groups is 1. The third kappa shape index (κ3) is 5.09. The Morgan fingerprint density at radius 1 is 1.15 bits per heavy atom. The van der Waals surface area contributed by atoms with Crippen LogP contribution in [0.15, 0.2) is 47.1 Å². The quantitative estimate of drug-likeness (QED) is 0.420. The summed E-state index contributed by atoms with van der Waals surface area (Å²) in [5.74, 6) is -0.664. The number of pyridine rings is 1. The molecule has 0 unspecified atom stereocenters. The van der Waals surface area contributed by atoms with Crippen molar-refractivity contribution < 1.29 is 28.3 Å². The minimum absolute atomic E-state index is 0.248. The van der Waals surface area contributed by atoms with Crippen LogP contribution in [-0.2, 0) is 20.7 Å². The predicted octanol–water partition coefficient (Wildman–Crippen LogP) is 2.94. The molecule has 0 spiro atoms. The van der Waals surface area contributed by atoms with Gasteiger partial charge in [0.05, 0.1) is 29.6 Å². The summed E-state index contributed by atoms with van der Waals surface area (Å²) in [5, 5.41) is 5.22. The van der Waals surface area contributed by atoms with E-state index in [2.05, 4.69) is 10.6 Å².